The number of hydrogen-bond donors (Lipinski definition) is 1. The Labute approximate surface area is 66.4 Å². The minimum Gasteiger partial charge on any atom is -0.481 e. The summed E-state index contributed by atoms with van der Waals surface area (Å²) in [6.45, 7) is 2.72. The van der Waals surface area contributed by atoms with Crippen LogP contribution in [0.1, 0.15) is 26.2 Å². The van der Waals surface area contributed by atoms with E-state index in [-0.39, 0.29) is 6.10 Å². The second kappa shape index (κ2) is 3.72. The lowest BCUT2D eigenvalue weighted by atomic mass is 9.93. The van der Waals surface area contributed by atoms with Crippen LogP contribution in [0.2, 0.25) is 0 Å². The molecule has 0 radical (unpaired) electrons. The van der Waals surface area contributed by atoms with Crippen molar-refractivity contribution in [3.63, 3.8) is 0 Å². The maximum Gasteiger partial charge on any atom is 0.303 e. The van der Waals surface area contributed by atoms with E-state index in [0.717, 1.165) is 19.4 Å². The van der Waals surface area contributed by atoms with Crippen molar-refractivity contribution in [3.8, 4) is 0 Å². The molecule has 0 aromatic rings. The van der Waals surface area contributed by atoms with Gasteiger partial charge in [0.15, 0.2) is 0 Å². The van der Waals surface area contributed by atoms with Crippen LogP contribution in [0.15, 0.2) is 0 Å². The minimum atomic E-state index is -0.691. The zero-order chi connectivity index (χ0) is 8.27. The first-order valence-electron chi connectivity index (χ1n) is 4.02. The van der Waals surface area contributed by atoms with Crippen LogP contribution in [0, 0.1) is 5.92 Å². The maximum atomic E-state index is 10.3. The standard InChI is InChI=1S/C8H14O3/c1-6-4-7(2-3-11-6)5-8(9)10/h6-7H,2-5H2,1H3,(H,9,10)/t6-,7?/m1/s1. The summed E-state index contributed by atoms with van der Waals surface area (Å²) in [5.74, 6) is -0.361. The number of hydrogen-bond acceptors (Lipinski definition) is 2. The van der Waals surface area contributed by atoms with Gasteiger partial charge in [-0.2, -0.15) is 0 Å². The largest absolute Gasteiger partial charge is 0.481 e. The predicted molar refractivity (Wildman–Crippen MR) is 40.4 cm³/mol. The molecule has 2 atom stereocenters. The quantitative estimate of drug-likeness (QED) is 0.658. The lowest BCUT2D eigenvalue weighted by Gasteiger charge is -2.25. The van der Waals surface area contributed by atoms with Gasteiger partial charge in [-0.15, -0.1) is 0 Å². The van der Waals surface area contributed by atoms with Gasteiger partial charge in [0.2, 0.25) is 0 Å². The van der Waals surface area contributed by atoms with Crippen LogP contribution in [0.3, 0.4) is 0 Å². The number of carbonyl (C=O) groups is 1. The molecule has 1 N–H and O–H groups in total. The van der Waals surface area contributed by atoms with Crippen LogP contribution in [-0.4, -0.2) is 23.8 Å². The van der Waals surface area contributed by atoms with Crippen molar-refractivity contribution in [3.05, 3.63) is 0 Å². The van der Waals surface area contributed by atoms with Crippen LogP contribution in [0.25, 0.3) is 0 Å². The van der Waals surface area contributed by atoms with Crippen molar-refractivity contribution in [2.45, 2.75) is 32.3 Å². The average molecular weight is 158 g/mol. The van der Waals surface area contributed by atoms with Gasteiger partial charge in [0.05, 0.1) is 6.10 Å². The highest BCUT2D eigenvalue weighted by Crippen LogP contribution is 2.22. The smallest absolute Gasteiger partial charge is 0.303 e. The third-order valence-corrected chi connectivity index (χ3v) is 2.06. The van der Waals surface area contributed by atoms with Crippen molar-refractivity contribution in [1.82, 2.24) is 0 Å². The molecule has 0 amide bonds. The van der Waals surface area contributed by atoms with Crippen LogP contribution in [0.5, 0.6) is 0 Å². The molecule has 1 rings (SSSR count). The number of carboxylic acid groups (broad SMARTS) is 1. The van der Waals surface area contributed by atoms with Crippen LogP contribution in [0.4, 0.5) is 0 Å². The molecule has 0 aromatic carbocycles. The highest BCUT2D eigenvalue weighted by atomic mass is 16.5. The average Bonchev–Trinajstić information content (AvgIpc) is 1.85. The molecule has 1 aliphatic rings. The molecular formula is C8H14O3. The number of carboxylic acids is 1. The maximum absolute atomic E-state index is 10.3. The fourth-order valence-corrected chi connectivity index (χ4v) is 1.52. The number of ether oxygens (including phenoxy) is 1. The number of aliphatic carboxylic acids is 1. The first kappa shape index (κ1) is 8.53. The lowest BCUT2D eigenvalue weighted by Crippen LogP contribution is -2.24. The zero-order valence-electron chi connectivity index (χ0n) is 6.75. The van der Waals surface area contributed by atoms with E-state index in [0.29, 0.717) is 12.3 Å². The molecule has 1 heterocycles. The molecule has 0 saturated carbocycles. The molecule has 1 fully saturated rings. The van der Waals surface area contributed by atoms with Crippen molar-refractivity contribution < 1.29 is 14.6 Å². The van der Waals surface area contributed by atoms with Gasteiger partial charge in [-0.3, -0.25) is 4.79 Å². The van der Waals surface area contributed by atoms with Gasteiger partial charge in [0.25, 0.3) is 0 Å². The highest BCUT2D eigenvalue weighted by molar-refractivity contribution is 5.67. The molecule has 1 unspecified atom stereocenters. The van der Waals surface area contributed by atoms with E-state index in [9.17, 15) is 4.79 Å². The Kier molecular flexibility index (Phi) is 2.88. The van der Waals surface area contributed by atoms with Crippen molar-refractivity contribution in [2.24, 2.45) is 5.92 Å². The van der Waals surface area contributed by atoms with Gasteiger partial charge in [0.1, 0.15) is 0 Å². The monoisotopic (exact) mass is 158 g/mol. The summed E-state index contributed by atoms with van der Waals surface area (Å²) >= 11 is 0. The molecule has 3 heteroatoms. The summed E-state index contributed by atoms with van der Waals surface area (Å²) in [5.41, 5.74) is 0. The summed E-state index contributed by atoms with van der Waals surface area (Å²) < 4.78 is 5.30. The molecule has 0 aromatic heterocycles. The topological polar surface area (TPSA) is 46.5 Å². The Hall–Kier alpha value is -0.570. The fraction of sp³-hybridized carbons (Fsp3) is 0.875. The Bertz CT molecular complexity index is 144. The van der Waals surface area contributed by atoms with Crippen LogP contribution in [-0.2, 0) is 9.53 Å². The second-order valence-corrected chi connectivity index (χ2v) is 3.17. The summed E-state index contributed by atoms with van der Waals surface area (Å²) in [4.78, 5) is 10.3. The van der Waals surface area contributed by atoms with Crippen molar-refractivity contribution in [1.29, 1.82) is 0 Å². The fourth-order valence-electron chi connectivity index (χ4n) is 1.52. The molecule has 64 valence electrons. The molecule has 0 spiro atoms. The van der Waals surface area contributed by atoms with Crippen LogP contribution < -0.4 is 0 Å². The van der Waals surface area contributed by atoms with E-state index in [1.54, 1.807) is 0 Å². The molecular weight excluding hydrogens is 144 g/mol. The molecule has 3 nitrogen and oxygen atoms in total. The number of rotatable bonds is 2. The SMILES string of the molecule is C[C@@H]1CC(CC(=O)O)CCO1. The minimum absolute atomic E-state index is 0.244. The third kappa shape index (κ3) is 2.89. The van der Waals surface area contributed by atoms with Gasteiger partial charge >= 0.3 is 5.97 Å². The van der Waals surface area contributed by atoms with E-state index in [1.807, 2.05) is 6.92 Å². The first-order valence-corrected chi connectivity index (χ1v) is 4.02. The third-order valence-electron chi connectivity index (χ3n) is 2.06. The molecule has 1 aliphatic heterocycles. The Morgan fingerprint density at radius 1 is 1.73 bits per heavy atom. The van der Waals surface area contributed by atoms with Gasteiger partial charge < -0.3 is 9.84 Å². The molecule has 11 heavy (non-hydrogen) atoms. The summed E-state index contributed by atoms with van der Waals surface area (Å²) in [5, 5.41) is 8.51. The normalized spacial score (nSPS) is 31.7. The van der Waals surface area contributed by atoms with E-state index < -0.39 is 5.97 Å². The van der Waals surface area contributed by atoms with Crippen LogP contribution >= 0.6 is 0 Å². The zero-order valence-corrected chi connectivity index (χ0v) is 6.75. The highest BCUT2D eigenvalue weighted by Gasteiger charge is 2.21. The summed E-state index contributed by atoms with van der Waals surface area (Å²) in [7, 11) is 0. The first-order chi connectivity index (χ1) is 5.18. The predicted octanol–water partition coefficient (Wildman–Crippen LogP) is 1.28. The van der Waals surface area contributed by atoms with Gasteiger partial charge in [0, 0.05) is 13.0 Å². The summed E-state index contributed by atoms with van der Waals surface area (Å²) in [6, 6.07) is 0. The van der Waals surface area contributed by atoms with E-state index >= 15 is 0 Å². The summed E-state index contributed by atoms with van der Waals surface area (Å²) in [6.07, 6.45) is 2.34. The molecule has 0 aliphatic carbocycles. The van der Waals surface area contributed by atoms with E-state index in [4.69, 9.17) is 9.84 Å². The van der Waals surface area contributed by atoms with Gasteiger partial charge in [-0.1, -0.05) is 0 Å². The van der Waals surface area contributed by atoms with Gasteiger partial charge in [-0.05, 0) is 25.7 Å². The van der Waals surface area contributed by atoms with Crippen molar-refractivity contribution in [2.75, 3.05) is 6.61 Å². The second-order valence-electron chi connectivity index (χ2n) is 3.17. The van der Waals surface area contributed by atoms with E-state index in [2.05, 4.69) is 0 Å². The Morgan fingerprint density at radius 3 is 3.00 bits per heavy atom. The Morgan fingerprint density at radius 2 is 2.45 bits per heavy atom. The Balaban J connectivity index is 2.28. The molecule has 1 saturated heterocycles. The van der Waals surface area contributed by atoms with Gasteiger partial charge in [-0.25, -0.2) is 0 Å². The van der Waals surface area contributed by atoms with Crippen molar-refractivity contribution >= 4 is 5.97 Å². The van der Waals surface area contributed by atoms with E-state index in [1.165, 1.54) is 0 Å². The molecule has 0 bridgehead atoms. The lowest BCUT2D eigenvalue weighted by molar-refractivity contribution is -0.139.